The van der Waals surface area contributed by atoms with Gasteiger partial charge in [-0.2, -0.15) is 0 Å². The second-order valence-corrected chi connectivity index (χ2v) is 11.3. The highest BCUT2D eigenvalue weighted by Gasteiger charge is 2.20. The molecule has 8 heteroatoms. The number of thioether (sulfide) groups is 1. The molecule has 31 heavy (non-hydrogen) atoms. The van der Waals surface area contributed by atoms with Crippen molar-refractivity contribution in [2.75, 3.05) is 18.5 Å². The van der Waals surface area contributed by atoms with Gasteiger partial charge >= 0.3 is 7.60 Å². The van der Waals surface area contributed by atoms with Crippen LogP contribution in [0.1, 0.15) is 50.7 Å². The topological polar surface area (TPSA) is 69.6 Å². The Morgan fingerprint density at radius 2 is 1.74 bits per heavy atom. The van der Waals surface area contributed by atoms with E-state index in [0.29, 0.717) is 24.4 Å². The highest BCUT2D eigenvalue weighted by atomic mass is 32.2. The smallest absolute Gasteiger partial charge is 0.324 e. The van der Waals surface area contributed by atoms with Crippen LogP contribution in [-0.4, -0.2) is 28.2 Å². The molecule has 0 aliphatic carbocycles. The fraction of sp³-hybridized carbons (Fsp3) is 0.478. The average molecular weight is 472 g/mol. The minimum Gasteiger partial charge on any atom is -0.324 e. The number of hydrogen-bond acceptors (Lipinski definition) is 3. The van der Waals surface area contributed by atoms with Gasteiger partial charge in [0.1, 0.15) is 11.6 Å². The van der Waals surface area contributed by atoms with Crippen LogP contribution in [0.15, 0.2) is 47.4 Å². The zero-order chi connectivity index (χ0) is 22.9. The molecule has 0 aliphatic heterocycles. The molecule has 172 valence electrons. The quantitative estimate of drug-likeness (QED) is 0.194. The molecule has 0 heterocycles. The Balaban J connectivity index is 1.69. The number of rotatable bonds is 13. The predicted octanol–water partition coefficient (Wildman–Crippen LogP) is 5.86. The van der Waals surface area contributed by atoms with Gasteiger partial charge in [-0.05, 0) is 72.4 Å². The lowest BCUT2D eigenvalue weighted by Gasteiger charge is -2.25. The third-order valence-corrected chi connectivity index (χ3v) is 7.24. The average Bonchev–Trinajstić information content (AvgIpc) is 2.68. The molecule has 0 unspecified atom stereocenters. The van der Waals surface area contributed by atoms with Crippen LogP contribution in [0.2, 0.25) is 0 Å². The Labute approximate surface area is 188 Å². The third kappa shape index (κ3) is 9.84. The van der Waals surface area contributed by atoms with Gasteiger partial charge in [-0.15, -0.1) is 11.8 Å². The number of unbranched alkanes of at least 4 members (excludes halogenated alkanes) is 1. The lowest BCUT2D eigenvalue weighted by Crippen LogP contribution is -2.17. The van der Waals surface area contributed by atoms with Crippen molar-refractivity contribution in [2.24, 2.45) is 0 Å². The number of halogens is 2. The van der Waals surface area contributed by atoms with Crippen molar-refractivity contribution in [1.29, 1.82) is 0 Å². The van der Waals surface area contributed by atoms with E-state index >= 15 is 0 Å². The summed E-state index contributed by atoms with van der Waals surface area (Å²) in [6, 6.07) is 11.8. The SMILES string of the molecule is CC(C)(CCCCSc1ccc(CNCCCP(=O)(O)O)cc1F)c1ccc(F)cc1. The van der Waals surface area contributed by atoms with Crippen molar-refractivity contribution in [3.63, 3.8) is 0 Å². The predicted molar refractivity (Wildman–Crippen MR) is 124 cm³/mol. The summed E-state index contributed by atoms with van der Waals surface area (Å²) in [6.07, 6.45) is 3.19. The van der Waals surface area contributed by atoms with Crippen LogP contribution in [0.4, 0.5) is 8.78 Å². The van der Waals surface area contributed by atoms with Gasteiger partial charge in [-0.1, -0.05) is 38.5 Å². The molecule has 0 radical (unpaired) electrons. The molecule has 3 N–H and O–H groups in total. The van der Waals surface area contributed by atoms with Crippen molar-refractivity contribution >= 4 is 19.4 Å². The van der Waals surface area contributed by atoms with E-state index < -0.39 is 7.60 Å². The molecule has 0 amide bonds. The first-order valence-corrected chi connectivity index (χ1v) is 13.3. The number of benzene rings is 2. The Bertz CT molecular complexity index is 872. The molecule has 0 bridgehead atoms. The number of hydrogen-bond donors (Lipinski definition) is 3. The largest absolute Gasteiger partial charge is 0.325 e. The minimum absolute atomic E-state index is 0.0243. The Kier molecular flexibility index (Phi) is 10.2. The summed E-state index contributed by atoms with van der Waals surface area (Å²) in [5.41, 5.74) is 1.90. The molecule has 0 spiro atoms. The van der Waals surface area contributed by atoms with E-state index in [1.807, 2.05) is 18.2 Å². The zero-order valence-corrected chi connectivity index (χ0v) is 19.8. The van der Waals surface area contributed by atoms with Crippen LogP contribution in [0.5, 0.6) is 0 Å². The summed E-state index contributed by atoms with van der Waals surface area (Å²) in [6.45, 7) is 5.25. The van der Waals surface area contributed by atoms with E-state index in [1.165, 1.54) is 30.0 Å². The van der Waals surface area contributed by atoms with E-state index in [0.717, 1.165) is 36.1 Å². The Morgan fingerprint density at radius 3 is 2.39 bits per heavy atom. The third-order valence-electron chi connectivity index (χ3n) is 5.21. The monoisotopic (exact) mass is 471 g/mol. The summed E-state index contributed by atoms with van der Waals surface area (Å²) in [5, 5.41) is 3.07. The van der Waals surface area contributed by atoms with E-state index in [2.05, 4.69) is 19.2 Å². The normalized spacial score (nSPS) is 12.3. The summed E-state index contributed by atoms with van der Waals surface area (Å²) in [4.78, 5) is 18.3. The molecule has 0 saturated heterocycles. The molecular weight excluding hydrogens is 439 g/mol. The van der Waals surface area contributed by atoms with Gasteiger partial charge in [-0.25, -0.2) is 8.78 Å². The second-order valence-electron chi connectivity index (χ2n) is 8.38. The van der Waals surface area contributed by atoms with E-state index in [9.17, 15) is 13.3 Å². The minimum atomic E-state index is -3.95. The Hall–Kier alpha value is -1.24. The van der Waals surface area contributed by atoms with Gasteiger partial charge < -0.3 is 15.1 Å². The van der Waals surface area contributed by atoms with Crippen molar-refractivity contribution in [3.8, 4) is 0 Å². The van der Waals surface area contributed by atoms with Crippen molar-refractivity contribution in [1.82, 2.24) is 5.32 Å². The van der Waals surface area contributed by atoms with Crippen LogP contribution in [-0.2, 0) is 16.5 Å². The molecule has 2 aromatic carbocycles. The van der Waals surface area contributed by atoms with Crippen molar-refractivity contribution < 1.29 is 23.1 Å². The first-order valence-electron chi connectivity index (χ1n) is 10.5. The summed E-state index contributed by atoms with van der Waals surface area (Å²) in [7, 11) is -3.95. The van der Waals surface area contributed by atoms with Crippen LogP contribution in [0.25, 0.3) is 0 Å². The fourth-order valence-electron chi connectivity index (χ4n) is 3.31. The van der Waals surface area contributed by atoms with E-state index in [-0.39, 0.29) is 23.2 Å². The van der Waals surface area contributed by atoms with Crippen molar-refractivity contribution in [2.45, 2.75) is 56.4 Å². The molecular formula is C23H32F2NO3PS. The molecule has 0 fully saturated rings. The first-order chi connectivity index (χ1) is 14.6. The maximum atomic E-state index is 14.4. The standard InChI is InChI=1S/C23H32F2NO3PS/c1-23(2,19-7-9-20(24)10-8-19)12-3-4-15-31-22-11-6-18(16-21(22)25)17-26-13-5-14-30(27,28)29/h6-11,16,26H,3-5,12-15,17H2,1-2H3,(H2,27,28,29). The van der Waals surface area contributed by atoms with E-state index in [4.69, 9.17) is 9.79 Å². The first kappa shape index (κ1) is 26.0. The molecule has 2 aromatic rings. The van der Waals surface area contributed by atoms with Crippen LogP contribution in [0.3, 0.4) is 0 Å². The van der Waals surface area contributed by atoms with Gasteiger partial charge in [0.05, 0.1) is 6.16 Å². The van der Waals surface area contributed by atoms with Gasteiger partial charge in [0.25, 0.3) is 0 Å². The Morgan fingerprint density at radius 1 is 1.03 bits per heavy atom. The fourth-order valence-corrected chi connectivity index (χ4v) is 4.81. The van der Waals surface area contributed by atoms with Crippen LogP contribution in [0, 0.1) is 11.6 Å². The zero-order valence-electron chi connectivity index (χ0n) is 18.1. The van der Waals surface area contributed by atoms with Gasteiger partial charge in [0, 0.05) is 11.4 Å². The maximum absolute atomic E-state index is 14.4. The summed E-state index contributed by atoms with van der Waals surface area (Å²) < 4.78 is 38.3. The summed E-state index contributed by atoms with van der Waals surface area (Å²) in [5.74, 6) is 0.363. The van der Waals surface area contributed by atoms with Gasteiger partial charge in [0.2, 0.25) is 0 Å². The molecule has 4 nitrogen and oxygen atoms in total. The van der Waals surface area contributed by atoms with E-state index in [1.54, 1.807) is 6.07 Å². The van der Waals surface area contributed by atoms with Gasteiger partial charge in [0.15, 0.2) is 0 Å². The van der Waals surface area contributed by atoms with Crippen LogP contribution < -0.4 is 5.32 Å². The molecule has 0 aliphatic rings. The molecule has 2 rings (SSSR count). The van der Waals surface area contributed by atoms with Gasteiger partial charge in [-0.3, -0.25) is 4.57 Å². The molecule has 0 atom stereocenters. The second kappa shape index (κ2) is 12.1. The molecule has 0 aromatic heterocycles. The maximum Gasteiger partial charge on any atom is 0.325 e. The lowest BCUT2D eigenvalue weighted by atomic mass is 9.80. The number of nitrogens with one attached hydrogen (secondary N) is 1. The lowest BCUT2D eigenvalue weighted by molar-refractivity contribution is 0.371. The highest BCUT2D eigenvalue weighted by molar-refractivity contribution is 7.99. The summed E-state index contributed by atoms with van der Waals surface area (Å²) >= 11 is 1.51. The van der Waals surface area contributed by atoms with Crippen LogP contribution >= 0.6 is 19.4 Å². The highest BCUT2D eigenvalue weighted by Crippen LogP contribution is 2.34. The molecule has 0 saturated carbocycles. The van der Waals surface area contributed by atoms with Crippen molar-refractivity contribution in [3.05, 3.63) is 65.2 Å².